The van der Waals surface area contributed by atoms with E-state index in [-0.39, 0.29) is 37.1 Å². The number of carbonyl (C=O) groups excluding carboxylic acids is 1. The summed E-state index contributed by atoms with van der Waals surface area (Å²) in [7, 11) is 0. The van der Waals surface area contributed by atoms with Gasteiger partial charge in [0.05, 0.1) is 19.1 Å². The summed E-state index contributed by atoms with van der Waals surface area (Å²) in [5, 5.41) is 10.4. The Morgan fingerprint density at radius 3 is 2.84 bits per heavy atom. The van der Waals surface area contributed by atoms with Crippen LogP contribution in [0, 0.1) is 17.2 Å². The molecule has 1 amide bonds. The van der Waals surface area contributed by atoms with Gasteiger partial charge >= 0.3 is 0 Å². The summed E-state index contributed by atoms with van der Waals surface area (Å²) >= 11 is 0. The van der Waals surface area contributed by atoms with Crippen molar-refractivity contribution in [2.75, 3.05) is 19.9 Å². The van der Waals surface area contributed by atoms with Gasteiger partial charge in [-0.25, -0.2) is 4.39 Å². The molecule has 2 aliphatic rings. The van der Waals surface area contributed by atoms with E-state index in [1.54, 1.807) is 4.90 Å². The average molecular weight is 351 g/mol. The Labute approximate surface area is 147 Å². The van der Waals surface area contributed by atoms with Crippen LogP contribution in [0.25, 0.3) is 0 Å². The maximum absolute atomic E-state index is 13.8. The first-order valence-electron chi connectivity index (χ1n) is 8.73. The van der Waals surface area contributed by atoms with Crippen molar-refractivity contribution in [3.8, 4) is 5.75 Å². The van der Waals surface area contributed by atoms with Crippen molar-refractivity contribution in [2.45, 2.75) is 46.3 Å². The topological polar surface area (TPSA) is 59.0 Å². The van der Waals surface area contributed by atoms with E-state index in [0.29, 0.717) is 30.0 Å². The maximum Gasteiger partial charge on any atom is 0.227 e. The maximum atomic E-state index is 13.8. The van der Waals surface area contributed by atoms with Gasteiger partial charge in [0.15, 0.2) is 6.79 Å². The molecular weight excluding hydrogens is 325 g/mol. The molecule has 138 valence electrons. The van der Waals surface area contributed by atoms with E-state index >= 15 is 0 Å². The van der Waals surface area contributed by atoms with Gasteiger partial charge in [0.25, 0.3) is 0 Å². The molecule has 0 spiro atoms. The Bertz CT molecular complexity index is 656. The Balaban J connectivity index is 1.71. The van der Waals surface area contributed by atoms with Gasteiger partial charge in [-0.1, -0.05) is 20.8 Å². The zero-order valence-electron chi connectivity index (χ0n) is 15.0. The number of aliphatic hydroxyl groups excluding tert-OH is 1. The van der Waals surface area contributed by atoms with Crippen molar-refractivity contribution in [3.05, 3.63) is 29.1 Å². The highest BCUT2D eigenvalue weighted by atomic mass is 19.1. The molecule has 6 heteroatoms. The van der Waals surface area contributed by atoms with Gasteiger partial charge in [0, 0.05) is 24.2 Å². The van der Waals surface area contributed by atoms with Crippen LogP contribution < -0.4 is 4.74 Å². The minimum Gasteiger partial charge on any atom is -0.467 e. The van der Waals surface area contributed by atoms with Gasteiger partial charge in [-0.15, -0.1) is 0 Å². The number of likely N-dealkylation sites (tertiary alicyclic amines) is 1. The second kappa shape index (κ2) is 6.92. The Kier molecular flexibility index (Phi) is 5.02. The molecule has 2 aliphatic heterocycles. The summed E-state index contributed by atoms with van der Waals surface area (Å²) in [6, 6.07) is 2.72. The second-order valence-corrected chi connectivity index (χ2v) is 8.01. The molecule has 2 unspecified atom stereocenters. The molecule has 3 rings (SSSR count). The predicted octanol–water partition coefficient (Wildman–Crippen LogP) is 2.49. The van der Waals surface area contributed by atoms with Gasteiger partial charge in [0.2, 0.25) is 5.91 Å². The molecule has 0 aliphatic carbocycles. The van der Waals surface area contributed by atoms with Crippen molar-refractivity contribution in [1.29, 1.82) is 0 Å². The van der Waals surface area contributed by atoms with Crippen LogP contribution in [0.1, 0.15) is 38.3 Å². The SMILES string of the molecule is CC(C)(C)C1CCN(C(=O)Cc2cc(F)cc3c2OCOC3)CC1O. The van der Waals surface area contributed by atoms with Crippen molar-refractivity contribution in [1.82, 2.24) is 4.90 Å². The standard InChI is InChI=1S/C19H26FNO4/c1-19(2,3)15-4-5-21(9-16(15)22)17(23)8-12-6-14(20)7-13-10-24-11-25-18(12)13/h6-7,15-16,22H,4-5,8-11H2,1-3H3. The first-order chi connectivity index (χ1) is 11.8. The van der Waals surface area contributed by atoms with Crippen LogP contribution in [0.3, 0.4) is 0 Å². The summed E-state index contributed by atoms with van der Waals surface area (Å²) < 4.78 is 24.5. The van der Waals surface area contributed by atoms with Crippen molar-refractivity contribution >= 4 is 5.91 Å². The lowest BCUT2D eigenvalue weighted by atomic mass is 9.73. The van der Waals surface area contributed by atoms with E-state index in [1.165, 1.54) is 12.1 Å². The molecule has 1 saturated heterocycles. The van der Waals surface area contributed by atoms with Gasteiger partial charge < -0.3 is 19.5 Å². The number of β-amino-alcohol motifs (C(OH)–C–C–N with tert-alkyl or cyclic N) is 1. The summed E-state index contributed by atoms with van der Waals surface area (Å²) in [4.78, 5) is 14.3. The van der Waals surface area contributed by atoms with E-state index in [4.69, 9.17) is 9.47 Å². The van der Waals surface area contributed by atoms with Crippen LogP contribution in [0.4, 0.5) is 4.39 Å². The molecule has 2 heterocycles. The highest BCUT2D eigenvalue weighted by Gasteiger charge is 2.37. The third-order valence-electron chi connectivity index (χ3n) is 5.14. The normalized spacial score (nSPS) is 23.8. The van der Waals surface area contributed by atoms with Gasteiger partial charge in [-0.2, -0.15) is 0 Å². The number of ether oxygens (including phenoxy) is 2. The number of hydrogen-bond donors (Lipinski definition) is 1. The number of amides is 1. The molecule has 0 saturated carbocycles. The zero-order chi connectivity index (χ0) is 18.2. The fourth-order valence-electron chi connectivity index (χ4n) is 3.83. The molecule has 0 aromatic heterocycles. The second-order valence-electron chi connectivity index (χ2n) is 8.01. The average Bonchev–Trinajstić information content (AvgIpc) is 2.53. The molecule has 1 N–H and O–H groups in total. The van der Waals surface area contributed by atoms with Crippen molar-refractivity contribution in [3.63, 3.8) is 0 Å². The fourth-order valence-corrected chi connectivity index (χ4v) is 3.83. The lowest BCUT2D eigenvalue weighted by Gasteiger charge is -2.42. The molecule has 2 atom stereocenters. The zero-order valence-corrected chi connectivity index (χ0v) is 15.0. The van der Waals surface area contributed by atoms with Crippen LogP contribution in [0.15, 0.2) is 12.1 Å². The van der Waals surface area contributed by atoms with Gasteiger partial charge in [-0.3, -0.25) is 4.79 Å². The molecule has 5 nitrogen and oxygen atoms in total. The van der Waals surface area contributed by atoms with E-state index in [1.807, 2.05) is 0 Å². The van der Waals surface area contributed by atoms with E-state index in [0.717, 1.165) is 6.42 Å². The highest BCUT2D eigenvalue weighted by molar-refractivity contribution is 5.80. The van der Waals surface area contributed by atoms with Crippen LogP contribution in [-0.4, -0.2) is 41.9 Å². The summed E-state index contributed by atoms with van der Waals surface area (Å²) in [5.41, 5.74) is 1.17. The lowest BCUT2D eigenvalue weighted by Crippen LogP contribution is -2.50. The number of hydrogen-bond acceptors (Lipinski definition) is 4. The number of halogens is 1. The molecular formula is C19H26FNO4. The number of carbonyl (C=O) groups is 1. The summed E-state index contributed by atoms with van der Waals surface area (Å²) in [5.74, 6) is 0.196. The number of fused-ring (bicyclic) bond motifs is 1. The summed E-state index contributed by atoms with van der Waals surface area (Å²) in [6.07, 6.45) is 0.290. The molecule has 0 bridgehead atoms. The van der Waals surface area contributed by atoms with Crippen LogP contribution in [0.5, 0.6) is 5.75 Å². The third-order valence-corrected chi connectivity index (χ3v) is 5.14. The lowest BCUT2D eigenvalue weighted by molar-refractivity contribution is -0.136. The molecule has 1 fully saturated rings. The number of piperidine rings is 1. The van der Waals surface area contributed by atoms with Crippen molar-refractivity contribution < 1.29 is 23.8 Å². The van der Waals surface area contributed by atoms with Crippen LogP contribution >= 0.6 is 0 Å². The van der Waals surface area contributed by atoms with E-state index < -0.39 is 11.9 Å². The molecule has 1 aromatic rings. The van der Waals surface area contributed by atoms with Crippen LogP contribution in [-0.2, 0) is 22.6 Å². The first kappa shape index (κ1) is 18.1. The minimum absolute atomic E-state index is 0.00399. The third kappa shape index (κ3) is 3.96. The number of benzene rings is 1. The highest BCUT2D eigenvalue weighted by Crippen LogP contribution is 2.35. The summed E-state index contributed by atoms with van der Waals surface area (Å²) in [6.45, 7) is 7.64. The van der Waals surface area contributed by atoms with Gasteiger partial charge in [-0.05, 0) is 29.9 Å². The Hall–Kier alpha value is -1.66. The number of aliphatic hydroxyl groups is 1. The smallest absolute Gasteiger partial charge is 0.227 e. The Morgan fingerprint density at radius 1 is 1.40 bits per heavy atom. The molecule has 1 aromatic carbocycles. The van der Waals surface area contributed by atoms with E-state index in [2.05, 4.69) is 20.8 Å². The number of rotatable bonds is 2. The largest absolute Gasteiger partial charge is 0.467 e. The quantitative estimate of drug-likeness (QED) is 0.889. The molecule has 25 heavy (non-hydrogen) atoms. The molecule has 0 radical (unpaired) electrons. The number of nitrogens with zero attached hydrogens (tertiary/aromatic N) is 1. The van der Waals surface area contributed by atoms with Crippen LogP contribution in [0.2, 0.25) is 0 Å². The van der Waals surface area contributed by atoms with E-state index in [9.17, 15) is 14.3 Å². The minimum atomic E-state index is -0.538. The van der Waals surface area contributed by atoms with Crippen molar-refractivity contribution in [2.24, 2.45) is 11.3 Å². The fraction of sp³-hybridized carbons (Fsp3) is 0.632. The first-order valence-corrected chi connectivity index (χ1v) is 8.73. The monoisotopic (exact) mass is 351 g/mol. The Morgan fingerprint density at radius 2 is 2.16 bits per heavy atom. The predicted molar refractivity (Wildman–Crippen MR) is 90.5 cm³/mol. The van der Waals surface area contributed by atoms with Gasteiger partial charge in [0.1, 0.15) is 11.6 Å².